The van der Waals surface area contributed by atoms with Crippen LogP contribution in [0.2, 0.25) is 0 Å². The number of aromatic nitrogens is 1. The van der Waals surface area contributed by atoms with Crippen LogP contribution < -0.4 is 5.32 Å². The van der Waals surface area contributed by atoms with Gasteiger partial charge >= 0.3 is 0 Å². The first-order valence-electron chi connectivity index (χ1n) is 8.73. The molecule has 1 saturated carbocycles. The van der Waals surface area contributed by atoms with Crippen LogP contribution in [0.1, 0.15) is 63.6 Å². The standard InChI is InChI=1S/C18H27N3O/c1-2-15(16-9-3-6-12-19-16)20-17(22)18(10-4-5-11-18)21-13-7-8-14-21/h3,6,9,12,15H,2,4-5,7-8,10-11,13-14H2,1H3,(H,20,22)/t15-/m1/s1. The van der Waals surface area contributed by atoms with Crippen molar-refractivity contribution in [3.63, 3.8) is 0 Å². The molecule has 0 radical (unpaired) electrons. The first kappa shape index (κ1) is 15.5. The average molecular weight is 301 g/mol. The van der Waals surface area contributed by atoms with E-state index in [4.69, 9.17) is 0 Å². The fraction of sp³-hybridized carbons (Fsp3) is 0.667. The maximum absolute atomic E-state index is 13.1. The second kappa shape index (κ2) is 6.78. The fourth-order valence-electron chi connectivity index (χ4n) is 4.05. The van der Waals surface area contributed by atoms with Crippen LogP contribution in [0.5, 0.6) is 0 Å². The van der Waals surface area contributed by atoms with Gasteiger partial charge in [0.25, 0.3) is 0 Å². The smallest absolute Gasteiger partial charge is 0.241 e. The highest BCUT2D eigenvalue weighted by atomic mass is 16.2. The van der Waals surface area contributed by atoms with Gasteiger partial charge in [-0.1, -0.05) is 25.8 Å². The molecule has 1 aliphatic heterocycles. The lowest BCUT2D eigenvalue weighted by atomic mass is 9.93. The number of nitrogens with zero attached hydrogens (tertiary/aromatic N) is 2. The minimum atomic E-state index is -0.251. The van der Waals surface area contributed by atoms with Crippen LogP contribution in [-0.2, 0) is 4.79 Å². The Labute approximate surface area is 133 Å². The molecule has 3 rings (SSSR count). The third kappa shape index (κ3) is 2.89. The van der Waals surface area contributed by atoms with Crippen LogP contribution in [0.25, 0.3) is 0 Å². The van der Waals surface area contributed by atoms with Crippen molar-refractivity contribution in [3.8, 4) is 0 Å². The van der Waals surface area contributed by atoms with Gasteiger partial charge in [-0.15, -0.1) is 0 Å². The van der Waals surface area contributed by atoms with Gasteiger partial charge in [0.1, 0.15) is 5.54 Å². The minimum Gasteiger partial charge on any atom is -0.346 e. The van der Waals surface area contributed by atoms with Crippen molar-refractivity contribution in [2.45, 2.75) is 63.5 Å². The Balaban J connectivity index is 1.76. The number of hydrogen-bond donors (Lipinski definition) is 1. The molecule has 2 fully saturated rings. The van der Waals surface area contributed by atoms with Crippen LogP contribution in [0, 0.1) is 0 Å². The first-order valence-corrected chi connectivity index (χ1v) is 8.73. The highest BCUT2D eigenvalue weighted by molar-refractivity contribution is 5.87. The molecule has 1 atom stereocenters. The number of carbonyl (C=O) groups excluding carboxylic acids is 1. The van der Waals surface area contributed by atoms with Gasteiger partial charge in [-0.25, -0.2) is 0 Å². The maximum Gasteiger partial charge on any atom is 0.241 e. The summed E-state index contributed by atoms with van der Waals surface area (Å²) < 4.78 is 0. The molecule has 0 unspecified atom stereocenters. The Kier molecular flexibility index (Phi) is 4.77. The molecule has 4 nitrogen and oxygen atoms in total. The van der Waals surface area contributed by atoms with E-state index in [9.17, 15) is 4.79 Å². The minimum absolute atomic E-state index is 0.0220. The lowest BCUT2D eigenvalue weighted by Gasteiger charge is -2.38. The third-order valence-electron chi connectivity index (χ3n) is 5.32. The van der Waals surface area contributed by atoms with E-state index in [-0.39, 0.29) is 17.5 Å². The fourth-order valence-corrected chi connectivity index (χ4v) is 4.05. The number of amides is 1. The SMILES string of the molecule is CC[C@@H](NC(=O)C1(N2CCCC2)CCCC1)c1ccccn1. The Morgan fingerprint density at radius 1 is 1.27 bits per heavy atom. The number of rotatable bonds is 5. The second-order valence-electron chi connectivity index (χ2n) is 6.62. The summed E-state index contributed by atoms with van der Waals surface area (Å²) in [5.74, 6) is 0.226. The van der Waals surface area contributed by atoms with Gasteiger partial charge in [0, 0.05) is 6.20 Å². The van der Waals surface area contributed by atoms with Crippen molar-refractivity contribution in [1.82, 2.24) is 15.2 Å². The quantitative estimate of drug-likeness (QED) is 0.909. The summed E-state index contributed by atoms with van der Waals surface area (Å²) in [7, 11) is 0. The van der Waals surface area contributed by atoms with Crippen LogP contribution in [0.4, 0.5) is 0 Å². The Bertz CT molecular complexity index is 490. The van der Waals surface area contributed by atoms with Crippen molar-refractivity contribution in [2.24, 2.45) is 0 Å². The number of hydrogen-bond acceptors (Lipinski definition) is 3. The molecule has 4 heteroatoms. The predicted molar refractivity (Wildman–Crippen MR) is 87.4 cm³/mol. The van der Waals surface area contributed by atoms with Gasteiger partial charge in [-0.05, 0) is 57.3 Å². The molecular weight excluding hydrogens is 274 g/mol. The summed E-state index contributed by atoms with van der Waals surface area (Å²) in [5, 5.41) is 3.30. The van der Waals surface area contributed by atoms with Crippen molar-refractivity contribution >= 4 is 5.91 Å². The summed E-state index contributed by atoms with van der Waals surface area (Å²) in [5.41, 5.74) is 0.714. The highest BCUT2D eigenvalue weighted by Crippen LogP contribution is 2.38. The zero-order chi connectivity index (χ0) is 15.4. The number of likely N-dealkylation sites (tertiary alicyclic amines) is 1. The molecule has 1 aromatic rings. The molecule has 0 spiro atoms. The molecule has 0 bridgehead atoms. The molecule has 1 N–H and O–H groups in total. The number of nitrogens with one attached hydrogen (secondary N) is 1. The summed E-state index contributed by atoms with van der Waals surface area (Å²) in [6.45, 7) is 4.26. The molecule has 0 aromatic carbocycles. The first-order chi connectivity index (χ1) is 10.8. The van der Waals surface area contributed by atoms with Crippen molar-refractivity contribution in [1.29, 1.82) is 0 Å². The molecule has 1 aliphatic carbocycles. The van der Waals surface area contributed by atoms with Gasteiger partial charge in [0.2, 0.25) is 5.91 Å². The Morgan fingerprint density at radius 2 is 2.00 bits per heavy atom. The largest absolute Gasteiger partial charge is 0.346 e. The van der Waals surface area contributed by atoms with Gasteiger partial charge in [-0.2, -0.15) is 0 Å². The number of pyridine rings is 1. The molecule has 1 saturated heterocycles. The predicted octanol–water partition coefficient (Wildman–Crippen LogP) is 3.06. The van der Waals surface area contributed by atoms with E-state index in [0.717, 1.165) is 38.0 Å². The van der Waals surface area contributed by atoms with E-state index in [2.05, 4.69) is 22.1 Å². The molecule has 120 valence electrons. The van der Waals surface area contributed by atoms with E-state index in [1.807, 2.05) is 18.2 Å². The number of carbonyl (C=O) groups is 1. The molecule has 1 amide bonds. The maximum atomic E-state index is 13.1. The van der Waals surface area contributed by atoms with Crippen LogP contribution in [0.3, 0.4) is 0 Å². The molecule has 2 heterocycles. The highest BCUT2D eigenvalue weighted by Gasteiger charge is 2.47. The van der Waals surface area contributed by atoms with E-state index < -0.39 is 0 Å². The molecule has 22 heavy (non-hydrogen) atoms. The van der Waals surface area contributed by atoms with E-state index in [0.29, 0.717) is 0 Å². The van der Waals surface area contributed by atoms with Crippen molar-refractivity contribution in [2.75, 3.05) is 13.1 Å². The van der Waals surface area contributed by atoms with Gasteiger partial charge in [0.15, 0.2) is 0 Å². The van der Waals surface area contributed by atoms with Crippen LogP contribution in [-0.4, -0.2) is 34.4 Å². The third-order valence-corrected chi connectivity index (χ3v) is 5.32. The zero-order valence-electron chi connectivity index (χ0n) is 13.6. The lowest BCUT2D eigenvalue weighted by molar-refractivity contribution is -0.133. The van der Waals surface area contributed by atoms with E-state index >= 15 is 0 Å². The Morgan fingerprint density at radius 3 is 2.59 bits per heavy atom. The van der Waals surface area contributed by atoms with Crippen LogP contribution >= 0.6 is 0 Å². The summed E-state index contributed by atoms with van der Waals surface area (Å²) in [4.78, 5) is 20.0. The van der Waals surface area contributed by atoms with Gasteiger partial charge < -0.3 is 5.32 Å². The average Bonchev–Trinajstić information content (AvgIpc) is 3.24. The van der Waals surface area contributed by atoms with Crippen molar-refractivity contribution < 1.29 is 4.79 Å². The second-order valence-corrected chi connectivity index (χ2v) is 6.62. The monoisotopic (exact) mass is 301 g/mol. The van der Waals surface area contributed by atoms with E-state index in [1.165, 1.54) is 25.7 Å². The van der Waals surface area contributed by atoms with Gasteiger partial charge in [-0.3, -0.25) is 14.7 Å². The summed E-state index contributed by atoms with van der Waals surface area (Å²) in [6, 6.07) is 5.93. The van der Waals surface area contributed by atoms with Crippen LogP contribution in [0.15, 0.2) is 24.4 Å². The lowest BCUT2D eigenvalue weighted by Crippen LogP contribution is -2.56. The summed E-state index contributed by atoms with van der Waals surface area (Å²) in [6.07, 6.45) is 9.50. The molecular formula is C18H27N3O. The zero-order valence-corrected chi connectivity index (χ0v) is 13.6. The van der Waals surface area contributed by atoms with E-state index in [1.54, 1.807) is 6.20 Å². The topological polar surface area (TPSA) is 45.2 Å². The summed E-state index contributed by atoms with van der Waals surface area (Å²) >= 11 is 0. The molecule has 1 aromatic heterocycles. The Hall–Kier alpha value is -1.42. The normalized spacial score (nSPS) is 22.6. The van der Waals surface area contributed by atoms with Crippen molar-refractivity contribution in [3.05, 3.63) is 30.1 Å². The van der Waals surface area contributed by atoms with Gasteiger partial charge in [0.05, 0.1) is 11.7 Å². The molecule has 2 aliphatic rings.